The van der Waals surface area contributed by atoms with Crippen LogP contribution in [0.1, 0.15) is 50.5 Å². The van der Waals surface area contributed by atoms with Crippen LogP contribution in [0.15, 0.2) is 42.5 Å². The summed E-state index contributed by atoms with van der Waals surface area (Å²) in [6, 6.07) is 12.5. The van der Waals surface area contributed by atoms with E-state index in [4.69, 9.17) is 5.11 Å². The Balaban J connectivity index is 1.98. The van der Waals surface area contributed by atoms with Gasteiger partial charge in [-0.1, -0.05) is 54.8 Å². The molecule has 0 aliphatic carbocycles. The lowest BCUT2D eigenvalue weighted by Gasteiger charge is -2.22. The second-order valence-corrected chi connectivity index (χ2v) is 6.75. The lowest BCUT2D eigenvalue weighted by atomic mass is 10.1. The number of rotatable bonds is 7. The van der Waals surface area contributed by atoms with Crippen LogP contribution >= 0.6 is 0 Å². The number of aliphatic hydroxyl groups is 1. The smallest absolute Gasteiger partial charge is 0.303 e. The summed E-state index contributed by atoms with van der Waals surface area (Å²) >= 11 is 0. The van der Waals surface area contributed by atoms with E-state index in [1.807, 2.05) is 36.4 Å². The number of hydrogen-bond donors (Lipinski definition) is 2. The zero-order valence-corrected chi connectivity index (χ0v) is 15.5. The predicted molar refractivity (Wildman–Crippen MR) is 104 cm³/mol. The third-order valence-electron chi connectivity index (χ3n) is 4.48. The number of benzene rings is 1. The molecule has 27 heavy (non-hydrogen) atoms. The molecule has 1 aliphatic heterocycles. The van der Waals surface area contributed by atoms with Gasteiger partial charge in [-0.25, -0.2) is 0 Å². The molecule has 1 saturated heterocycles. The number of carbonyl (C=O) groups excluding carboxylic acids is 1. The van der Waals surface area contributed by atoms with E-state index < -0.39 is 12.1 Å². The zero-order chi connectivity index (χ0) is 19.5. The molecule has 0 aromatic heterocycles. The van der Waals surface area contributed by atoms with Gasteiger partial charge in [0.05, 0.1) is 12.1 Å². The summed E-state index contributed by atoms with van der Waals surface area (Å²) in [6.07, 6.45) is 7.60. The van der Waals surface area contributed by atoms with Gasteiger partial charge in [0.1, 0.15) is 0 Å². The molecular weight excluding hydrogens is 342 g/mol. The first-order chi connectivity index (χ1) is 13.1. The van der Waals surface area contributed by atoms with Crippen LogP contribution in [-0.4, -0.2) is 39.1 Å². The van der Waals surface area contributed by atoms with E-state index >= 15 is 0 Å². The van der Waals surface area contributed by atoms with Gasteiger partial charge in [0.25, 0.3) is 0 Å². The Hall–Kier alpha value is -2.58. The zero-order valence-electron chi connectivity index (χ0n) is 15.5. The molecule has 1 aromatic rings. The third kappa shape index (κ3) is 7.67. The van der Waals surface area contributed by atoms with Crippen LogP contribution in [0.5, 0.6) is 0 Å². The van der Waals surface area contributed by atoms with Gasteiger partial charge in [-0.3, -0.25) is 14.5 Å². The fourth-order valence-electron chi connectivity index (χ4n) is 3.04. The predicted octanol–water partition coefficient (Wildman–Crippen LogP) is 3.13. The average Bonchev–Trinajstić information content (AvgIpc) is 2.82. The Morgan fingerprint density at radius 2 is 2.07 bits per heavy atom. The minimum Gasteiger partial charge on any atom is -0.481 e. The monoisotopic (exact) mass is 369 g/mol. The first-order valence-corrected chi connectivity index (χ1v) is 9.49. The molecule has 0 radical (unpaired) electrons. The number of hydrogen-bond acceptors (Lipinski definition) is 3. The van der Waals surface area contributed by atoms with E-state index in [0.29, 0.717) is 25.7 Å². The number of unbranched alkanes of at least 4 members (excludes halogenated alkanes) is 1. The molecule has 2 unspecified atom stereocenters. The maximum absolute atomic E-state index is 12.4. The first kappa shape index (κ1) is 20.7. The van der Waals surface area contributed by atoms with Crippen molar-refractivity contribution in [3.05, 3.63) is 48.0 Å². The normalized spacial score (nSPS) is 18.6. The van der Waals surface area contributed by atoms with Crippen molar-refractivity contribution in [1.82, 2.24) is 4.90 Å². The van der Waals surface area contributed by atoms with E-state index in [1.54, 1.807) is 11.0 Å². The van der Waals surface area contributed by atoms with Crippen molar-refractivity contribution in [2.24, 2.45) is 0 Å². The van der Waals surface area contributed by atoms with Gasteiger partial charge < -0.3 is 10.2 Å². The van der Waals surface area contributed by atoms with Crippen LogP contribution < -0.4 is 0 Å². The summed E-state index contributed by atoms with van der Waals surface area (Å²) in [5.74, 6) is 2.08. The average molecular weight is 369 g/mol. The maximum atomic E-state index is 12.4. The number of aliphatic carboxylic acids is 1. The van der Waals surface area contributed by atoms with E-state index in [0.717, 1.165) is 24.8 Å². The van der Waals surface area contributed by atoms with E-state index in [-0.39, 0.29) is 18.4 Å². The topological polar surface area (TPSA) is 77.8 Å². The van der Waals surface area contributed by atoms with Gasteiger partial charge in [-0.05, 0) is 24.8 Å². The first-order valence-electron chi connectivity index (χ1n) is 9.49. The molecule has 2 rings (SSSR count). The van der Waals surface area contributed by atoms with Gasteiger partial charge in [0.15, 0.2) is 0 Å². The van der Waals surface area contributed by atoms with Crippen molar-refractivity contribution >= 4 is 11.9 Å². The van der Waals surface area contributed by atoms with Crippen LogP contribution in [0.25, 0.3) is 0 Å². The lowest BCUT2D eigenvalue weighted by Crippen LogP contribution is -2.33. The van der Waals surface area contributed by atoms with Crippen LogP contribution in [0.3, 0.4) is 0 Å². The Morgan fingerprint density at radius 1 is 1.30 bits per heavy atom. The van der Waals surface area contributed by atoms with Gasteiger partial charge in [0.2, 0.25) is 5.91 Å². The highest BCUT2D eigenvalue weighted by atomic mass is 16.4. The van der Waals surface area contributed by atoms with Crippen molar-refractivity contribution in [2.75, 3.05) is 0 Å². The molecule has 1 aliphatic rings. The van der Waals surface area contributed by atoms with Gasteiger partial charge in [-0.2, -0.15) is 0 Å². The molecule has 2 atom stereocenters. The van der Waals surface area contributed by atoms with E-state index in [1.165, 1.54) is 0 Å². The number of carboxylic acid groups (broad SMARTS) is 1. The van der Waals surface area contributed by atoms with Crippen molar-refractivity contribution in [1.29, 1.82) is 0 Å². The van der Waals surface area contributed by atoms with Crippen molar-refractivity contribution in [3.63, 3.8) is 0 Å². The summed E-state index contributed by atoms with van der Waals surface area (Å²) < 4.78 is 0. The molecule has 0 spiro atoms. The Kier molecular flexibility index (Phi) is 8.60. The lowest BCUT2D eigenvalue weighted by molar-refractivity contribution is -0.137. The maximum Gasteiger partial charge on any atom is 0.303 e. The second-order valence-electron chi connectivity index (χ2n) is 6.75. The number of amides is 1. The number of likely N-dealkylation sites (tertiary alicyclic amines) is 1. The fourth-order valence-corrected chi connectivity index (χ4v) is 3.04. The minimum atomic E-state index is -0.837. The molecule has 1 heterocycles. The van der Waals surface area contributed by atoms with Gasteiger partial charge in [0, 0.05) is 31.7 Å². The summed E-state index contributed by atoms with van der Waals surface area (Å²) in [6.45, 7) is 0. The third-order valence-corrected chi connectivity index (χ3v) is 4.48. The summed E-state index contributed by atoms with van der Waals surface area (Å²) in [5.41, 5.74) is 1.06. The quantitative estimate of drug-likeness (QED) is 0.440. The largest absolute Gasteiger partial charge is 0.481 e. The van der Waals surface area contributed by atoms with Crippen molar-refractivity contribution in [2.45, 2.75) is 63.5 Å². The molecular formula is C22H27NO4. The SMILES string of the molecule is O=C(O)CCCC#CN1C(=O)CCCCC1/C=C/C(O)Cc1ccccc1. The Morgan fingerprint density at radius 3 is 2.81 bits per heavy atom. The number of carboxylic acids is 1. The highest BCUT2D eigenvalue weighted by Gasteiger charge is 2.23. The number of nitrogens with zero attached hydrogens (tertiary/aromatic N) is 1. The van der Waals surface area contributed by atoms with Gasteiger partial charge >= 0.3 is 5.97 Å². The second kappa shape index (κ2) is 11.2. The standard InChI is InChI=1S/C22H27NO4/c24-20(17-18-9-3-1-4-10-18)15-14-19-11-6-7-12-21(25)23(19)16-8-2-5-13-22(26)27/h1,3-4,9-10,14-15,19-20,24H,2,5-7,11-13,17H2,(H,26,27)/b15-14+. The summed E-state index contributed by atoms with van der Waals surface area (Å²) in [4.78, 5) is 24.5. The molecule has 0 saturated carbocycles. The van der Waals surface area contributed by atoms with E-state index in [2.05, 4.69) is 12.0 Å². The highest BCUT2D eigenvalue weighted by Crippen LogP contribution is 2.19. The molecule has 5 heteroatoms. The number of carbonyl (C=O) groups is 2. The number of aliphatic hydroxyl groups excluding tert-OH is 1. The molecule has 2 N–H and O–H groups in total. The summed E-state index contributed by atoms with van der Waals surface area (Å²) in [7, 11) is 0. The molecule has 1 aromatic carbocycles. The molecule has 0 bridgehead atoms. The van der Waals surface area contributed by atoms with Gasteiger partial charge in [-0.15, -0.1) is 0 Å². The summed E-state index contributed by atoms with van der Waals surface area (Å²) in [5, 5.41) is 18.9. The van der Waals surface area contributed by atoms with Crippen molar-refractivity contribution in [3.8, 4) is 12.0 Å². The van der Waals surface area contributed by atoms with Crippen LogP contribution in [0.4, 0.5) is 0 Å². The van der Waals surface area contributed by atoms with Crippen molar-refractivity contribution < 1.29 is 19.8 Å². The van der Waals surface area contributed by atoms with E-state index in [9.17, 15) is 14.7 Å². The Bertz CT molecular complexity index is 702. The highest BCUT2D eigenvalue weighted by molar-refractivity contribution is 5.79. The van der Waals surface area contributed by atoms with Crippen LogP contribution in [-0.2, 0) is 16.0 Å². The Labute approximate surface area is 160 Å². The molecule has 1 amide bonds. The molecule has 5 nitrogen and oxygen atoms in total. The molecule has 144 valence electrons. The minimum absolute atomic E-state index is 0.00886. The van der Waals surface area contributed by atoms with Crippen LogP contribution in [0, 0.1) is 12.0 Å². The molecule has 1 fully saturated rings. The van der Waals surface area contributed by atoms with Crippen LogP contribution in [0.2, 0.25) is 0 Å². The fraction of sp³-hybridized carbons (Fsp3) is 0.455.